The van der Waals surface area contributed by atoms with Crippen molar-refractivity contribution in [1.82, 2.24) is 25.2 Å². The Kier molecular flexibility index (Phi) is 6.27. The van der Waals surface area contributed by atoms with Gasteiger partial charge in [-0.15, -0.1) is 6.42 Å². The van der Waals surface area contributed by atoms with Gasteiger partial charge in [0.15, 0.2) is 11.6 Å². The van der Waals surface area contributed by atoms with Gasteiger partial charge in [0.1, 0.15) is 47.1 Å². The minimum absolute atomic E-state index is 0.00463. The number of carbonyl (C=O) groups excluding carboxylic acids is 1. The molecule has 47 heavy (non-hydrogen) atoms. The van der Waals surface area contributed by atoms with Gasteiger partial charge < -0.3 is 20.1 Å². The summed E-state index contributed by atoms with van der Waals surface area (Å²) in [5.74, 6) is 0.636. The number of halogens is 3. The first kappa shape index (κ1) is 28.7. The van der Waals surface area contributed by atoms with Crippen LogP contribution in [0.3, 0.4) is 0 Å². The Morgan fingerprint density at radius 3 is 2.85 bits per heavy atom. The van der Waals surface area contributed by atoms with Crippen LogP contribution in [0.5, 0.6) is 11.8 Å². The van der Waals surface area contributed by atoms with E-state index in [0.29, 0.717) is 30.7 Å². The van der Waals surface area contributed by atoms with Gasteiger partial charge in [-0.1, -0.05) is 12.0 Å². The zero-order valence-corrected chi connectivity index (χ0v) is 25.4. The summed E-state index contributed by atoms with van der Waals surface area (Å²) in [6, 6.07) is 5.19. The Hall–Kier alpha value is -4.47. The number of ether oxygens (including phenoxy) is 1. The first-order valence-corrected chi connectivity index (χ1v) is 16.1. The number of hydrogen-bond donors (Lipinski definition) is 2. The maximum absolute atomic E-state index is 17.1. The molecule has 12 heteroatoms. The zero-order valence-electron chi connectivity index (χ0n) is 25.4. The van der Waals surface area contributed by atoms with Crippen LogP contribution in [0.25, 0.3) is 32.9 Å². The average Bonchev–Trinajstić information content (AvgIpc) is 3.70. The fraction of sp³-hybridized carbons (Fsp3) is 0.429. The third-order valence-corrected chi connectivity index (χ3v) is 10.9. The number of rotatable bonds is 4. The Labute approximate surface area is 268 Å². The molecule has 4 saturated heterocycles. The summed E-state index contributed by atoms with van der Waals surface area (Å²) in [7, 11) is 0. The molecule has 0 aliphatic carbocycles. The van der Waals surface area contributed by atoms with Crippen molar-refractivity contribution in [2.75, 3.05) is 31.1 Å². The quantitative estimate of drug-likeness (QED) is 0.309. The molecule has 2 aromatic carbocycles. The Morgan fingerprint density at radius 1 is 1.13 bits per heavy atom. The molecule has 4 unspecified atom stereocenters. The number of hydrogen-bond acceptors (Lipinski definition) is 9. The van der Waals surface area contributed by atoms with Crippen molar-refractivity contribution in [3.8, 4) is 35.4 Å². The van der Waals surface area contributed by atoms with Gasteiger partial charge in [0.05, 0.1) is 22.5 Å². The number of piperazine rings is 1. The zero-order chi connectivity index (χ0) is 32.2. The first-order chi connectivity index (χ1) is 22.7. The highest BCUT2D eigenvalue weighted by Gasteiger charge is 2.50. The lowest BCUT2D eigenvalue weighted by Gasteiger charge is -2.40. The van der Waals surface area contributed by atoms with Crippen molar-refractivity contribution in [2.24, 2.45) is 0 Å². The van der Waals surface area contributed by atoms with E-state index in [0.717, 1.165) is 32.2 Å². The van der Waals surface area contributed by atoms with Crippen molar-refractivity contribution in [2.45, 2.75) is 68.4 Å². The Morgan fingerprint density at radius 2 is 2.00 bits per heavy atom. The molecule has 5 aliphatic rings. The molecule has 0 amide bonds. The van der Waals surface area contributed by atoms with Gasteiger partial charge in [0, 0.05) is 49.0 Å². The fourth-order valence-corrected chi connectivity index (χ4v) is 8.86. The number of phenolic OH excluding ortho intramolecular Hbond substituents is 1. The van der Waals surface area contributed by atoms with Crippen LogP contribution in [-0.4, -0.2) is 86.8 Å². The summed E-state index contributed by atoms with van der Waals surface area (Å²) < 4.78 is 52.8. The maximum Gasteiger partial charge on any atom is 0.319 e. The van der Waals surface area contributed by atoms with Crippen LogP contribution in [0.1, 0.15) is 54.6 Å². The third-order valence-electron chi connectivity index (χ3n) is 10.9. The Bertz CT molecular complexity index is 2070. The monoisotopic (exact) mass is 640 g/mol. The van der Waals surface area contributed by atoms with Crippen molar-refractivity contribution in [3.05, 3.63) is 47.2 Å². The number of aromatic hydroxyl groups is 1. The number of nitrogens with zero attached hydrogens (tertiary/aromatic N) is 5. The van der Waals surface area contributed by atoms with Crippen LogP contribution in [-0.2, 0) is 0 Å². The number of benzene rings is 2. The third kappa shape index (κ3) is 4.25. The van der Waals surface area contributed by atoms with Gasteiger partial charge in [0.25, 0.3) is 0 Å². The second-order valence-corrected chi connectivity index (χ2v) is 13.6. The number of terminal acetylenes is 1. The van der Waals surface area contributed by atoms with Crippen LogP contribution < -0.4 is 15.0 Å². The lowest BCUT2D eigenvalue weighted by Crippen LogP contribution is -2.58. The van der Waals surface area contributed by atoms with Gasteiger partial charge in [0.2, 0.25) is 0 Å². The number of carbonyl (C=O) groups is 1. The lowest BCUT2D eigenvalue weighted by atomic mass is 9.95. The largest absolute Gasteiger partial charge is 0.508 e. The summed E-state index contributed by atoms with van der Waals surface area (Å²) >= 11 is 0. The number of ketones is 1. The number of fused-ring (bicyclic) bond motifs is 7. The number of phenols is 1. The van der Waals surface area contributed by atoms with E-state index in [1.807, 2.05) is 0 Å². The molecular formula is C35H31F3N6O3. The van der Waals surface area contributed by atoms with Crippen LogP contribution in [0.2, 0.25) is 0 Å². The molecule has 5 atom stereocenters. The van der Waals surface area contributed by atoms with Crippen LogP contribution in [0.15, 0.2) is 24.3 Å². The van der Waals surface area contributed by atoms with Gasteiger partial charge in [-0.2, -0.15) is 9.97 Å². The fourth-order valence-electron chi connectivity index (χ4n) is 8.86. The number of Topliss-reactive ketones (excluding diaryl/α,β-unsaturated/α-hetero) is 1. The molecule has 7 heterocycles. The molecule has 5 aliphatic heterocycles. The molecule has 0 radical (unpaired) electrons. The van der Waals surface area contributed by atoms with Crippen LogP contribution in [0.4, 0.5) is 19.0 Å². The van der Waals surface area contributed by atoms with Gasteiger partial charge in [-0.25, -0.2) is 18.2 Å². The van der Waals surface area contributed by atoms with E-state index in [2.05, 4.69) is 31.0 Å². The Balaban J connectivity index is 1.27. The summed E-state index contributed by atoms with van der Waals surface area (Å²) in [5, 5.41) is 15.0. The topological polar surface area (TPSA) is 104 Å². The second kappa shape index (κ2) is 10.3. The van der Waals surface area contributed by atoms with Crippen molar-refractivity contribution < 1.29 is 27.8 Å². The summed E-state index contributed by atoms with van der Waals surface area (Å²) in [6.45, 7) is 1.84. The highest BCUT2D eigenvalue weighted by atomic mass is 19.1. The molecule has 240 valence electrons. The van der Waals surface area contributed by atoms with Crippen molar-refractivity contribution in [1.29, 1.82) is 0 Å². The molecule has 4 fully saturated rings. The van der Waals surface area contributed by atoms with E-state index in [4.69, 9.17) is 16.1 Å². The molecule has 9 nitrogen and oxygen atoms in total. The van der Waals surface area contributed by atoms with E-state index in [9.17, 15) is 18.7 Å². The smallest absolute Gasteiger partial charge is 0.319 e. The average molecular weight is 641 g/mol. The van der Waals surface area contributed by atoms with Gasteiger partial charge in [-0.05, 0) is 55.8 Å². The summed E-state index contributed by atoms with van der Waals surface area (Å²) in [6.07, 6.45) is 8.76. The predicted octanol–water partition coefficient (Wildman–Crippen LogP) is 4.66. The molecule has 2 N–H and O–H groups in total. The normalized spacial score (nSPS) is 28.0. The minimum Gasteiger partial charge on any atom is -0.508 e. The molecular weight excluding hydrogens is 609 g/mol. The number of pyridine rings is 1. The van der Waals surface area contributed by atoms with Gasteiger partial charge in [-0.3, -0.25) is 9.69 Å². The standard InChI is InChI=1S/C35H31F3N6O3/c1-2-21-23(37)6-4-17-10-20(45)11-22(27(17)21)30-29(38)32-28-31(40-30)26(46)12-25-24-7-5-19(39-24)15-44(25)33(28)42-34(41-32)47-16-35-8-3-9-43(35)14-18(36)13-35/h1,4,6,10-11,18-19,24-25,39,45H,3,5,7-9,12-16H2/t18-,19?,24?,25?,35?/m1/s1. The van der Waals surface area contributed by atoms with E-state index in [1.165, 1.54) is 24.3 Å². The van der Waals surface area contributed by atoms with E-state index < -0.39 is 23.3 Å². The first-order valence-electron chi connectivity index (χ1n) is 16.1. The summed E-state index contributed by atoms with van der Waals surface area (Å²) in [5.41, 5.74) is -1.05. The SMILES string of the molecule is C#Cc1c(F)ccc2cc(O)cc(-c3nc4c5c(nc(OCC67CCCN6C[C@H](F)C7)nc5c3F)N3CC5CCC(N5)C3CC4=O)c12. The van der Waals surface area contributed by atoms with Crippen LogP contribution in [0, 0.1) is 24.0 Å². The molecule has 4 aromatic rings. The predicted molar refractivity (Wildman–Crippen MR) is 168 cm³/mol. The van der Waals surface area contributed by atoms with Gasteiger partial charge >= 0.3 is 6.01 Å². The summed E-state index contributed by atoms with van der Waals surface area (Å²) in [4.78, 5) is 32.2. The van der Waals surface area contributed by atoms with E-state index >= 15 is 4.39 Å². The van der Waals surface area contributed by atoms with Crippen LogP contribution >= 0.6 is 0 Å². The van der Waals surface area contributed by atoms with E-state index in [-0.39, 0.29) is 87.5 Å². The molecule has 0 spiro atoms. The number of anilines is 1. The molecule has 0 saturated carbocycles. The highest BCUT2D eigenvalue weighted by molar-refractivity contribution is 6.13. The number of aromatic nitrogens is 3. The van der Waals surface area contributed by atoms with Crippen molar-refractivity contribution in [3.63, 3.8) is 0 Å². The molecule has 9 rings (SSSR count). The highest BCUT2D eigenvalue weighted by Crippen LogP contribution is 2.45. The number of nitrogens with one attached hydrogen (secondary N) is 1. The number of alkyl halides is 1. The molecule has 2 aromatic heterocycles. The lowest BCUT2D eigenvalue weighted by molar-refractivity contribution is 0.0963. The maximum atomic E-state index is 17.1. The minimum atomic E-state index is -0.951. The second-order valence-electron chi connectivity index (χ2n) is 13.6. The molecule has 2 bridgehead atoms. The van der Waals surface area contributed by atoms with E-state index in [1.54, 1.807) is 0 Å². The van der Waals surface area contributed by atoms with Crippen molar-refractivity contribution >= 4 is 33.3 Å².